The van der Waals surface area contributed by atoms with Crippen LogP contribution < -0.4 is 4.90 Å². The number of nitrogens with zero attached hydrogens (tertiary/aromatic N) is 3. The Bertz CT molecular complexity index is 410. The van der Waals surface area contributed by atoms with E-state index in [2.05, 4.69) is 40.1 Å². The summed E-state index contributed by atoms with van der Waals surface area (Å²) in [6.45, 7) is 2.15. The van der Waals surface area contributed by atoms with Gasteiger partial charge in [0.2, 0.25) is 0 Å². The number of hydrogen-bond acceptors (Lipinski definition) is 3. The molecule has 0 spiro atoms. The van der Waals surface area contributed by atoms with Crippen molar-refractivity contribution in [2.75, 3.05) is 32.1 Å². The van der Waals surface area contributed by atoms with Gasteiger partial charge in [0, 0.05) is 26.2 Å². The number of rotatable bonds is 4. The molecule has 1 unspecified atom stereocenters. The maximum absolute atomic E-state index is 9.29. The molecule has 1 fully saturated rings. The van der Waals surface area contributed by atoms with E-state index in [9.17, 15) is 5.26 Å². The molecule has 0 saturated carbocycles. The van der Waals surface area contributed by atoms with E-state index in [-0.39, 0.29) is 6.04 Å². The fourth-order valence-corrected chi connectivity index (χ4v) is 2.46. The molecule has 3 nitrogen and oxygen atoms in total. The highest BCUT2D eigenvalue weighted by atomic mass is 15.2. The van der Waals surface area contributed by atoms with Gasteiger partial charge in [0.1, 0.15) is 6.04 Å². The lowest BCUT2D eigenvalue weighted by molar-refractivity contribution is 0.288. The minimum absolute atomic E-state index is 0.0395. The second-order valence-corrected chi connectivity index (χ2v) is 5.15. The summed E-state index contributed by atoms with van der Waals surface area (Å²) in [6.07, 6.45) is 3.31. The second-order valence-electron chi connectivity index (χ2n) is 5.15. The Hall–Kier alpha value is -1.53. The SMILES string of the molecule is CN(C)c1ccc(CC(C#N)N2CCCC2)cc1. The molecule has 0 aliphatic carbocycles. The number of likely N-dealkylation sites (tertiary alicyclic amines) is 1. The van der Waals surface area contributed by atoms with E-state index in [1.165, 1.54) is 24.1 Å². The molecule has 0 aromatic heterocycles. The zero-order chi connectivity index (χ0) is 13.0. The third-order valence-electron chi connectivity index (χ3n) is 3.61. The van der Waals surface area contributed by atoms with Crippen molar-refractivity contribution >= 4 is 5.69 Å². The van der Waals surface area contributed by atoms with Crippen LogP contribution in [0.1, 0.15) is 18.4 Å². The summed E-state index contributed by atoms with van der Waals surface area (Å²) in [4.78, 5) is 4.39. The second kappa shape index (κ2) is 5.88. The Kier molecular flexibility index (Phi) is 4.22. The highest BCUT2D eigenvalue weighted by molar-refractivity contribution is 5.46. The van der Waals surface area contributed by atoms with Gasteiger partial charge in [-0.1, -0.05) is 12.1 Å². The van der Waals surface area contributed by atoms with Gasteiger partial charge in [-0.2, -0.15) is 5.26 Å². The summed E-state index contributed by atoms with van der Waals surface area (Å²) in [5, 5.41) is 9.29. The summed E-state index contributed by atoms with van der Waals surface area (Å²) in [5.74, 6) is 0. The average Bonchev–Trinajstić information content (AvgIpc) is 2.90. The van der Waals surface area contributed by atoms with Crippen molar-refractivity contribution in [3.05, 3.63) is 29.8 Å². The van der Waals surface area contributed by atoms with Crippen molar-refractivity contribution in [2.45, 2.75) is 25.3 Å². The number of nitriles is 1. The van der Waals surface area contributed by atoms with Crippen molar-refractivity contribution in [2.24, 2.45) is 0 Å². The number of benzene rings is 1. The third kappa shape index (κ3) is 3.02. The monoisotopic (exact) mass is 243 g/mol. The summed E-state index contributed by atoms with van der Waals surface area (Å²) < 4.78 is 0. The van der Waals surface area contributed by atoms with Crippen LogP contribution in [0.3, 0.4) is 0 Å². The molecule has 2 rings (SSSR count). The smallest absolute Gasteiger partial charge is 0.102 e. The van der Waals surface area contributed by atoms with E-state index >= 15 is 0 Å². The van der Waals surface area contributed by atoms with Gasteiger partial charge in [0.05, 0.1) is 6.07 Å². The van der Waals surface area contributed by atoms with Gasteiger partial charge >= 0.3 is 0 Å². The maximum Gasteiger partial charge on any atom is 0.102 e. The van der Waals surface area contributed by atoms with Gasteiger partial charge in [-0.3, -0.25) is 4.90 Å². The van der Waals surface area contributed by atoms with E-state index in [4.69, 9.17) is 0 Å². The van der Waals surface area contributed by atoms with E-state index < -0.39 is 0 Å². The third-order valence-corrected chi connectivity index (χ3v) is 3.61. The lowest BCUT2D eigenvalue weighted by atomic mass is 10.1. The van der Waals surface area contributed by atoms with Gasteiger partial charge < -0.3 is 4.90 Å². The molecule has 1 aliphatic rings. The fourth-order valence-electron chi connectivity index (χ4n) is 2.46. The highest BCUT2D eigenvalue weighted by Gasteiger charge is 2.21. The minimum atomic E-state index is 0.0395. The molecule has 1 aromatic rings. The first-order valence-electron chi connectivity index (χ1n) is 6.60. The fraction of sp³-hybridized carbons (Fsp3) is 0.533. The van der Waals surface area contributed by atoms with Crippen LogP contribution in [0.15, 0.2) is 24.3 Å². The highest BCUT2D eigenvalue weighted by Crippen LogP contribution is 2.17. The predicted octanol–water partition coefficient (Wildman–Crippen LogP) is 2.28. The van der Waals surface area contributed by atoms with Crippen molar-refractivity contribution < 1.29 is 0 Å². The van der Waals surface area contributed by atoms with Gasteiger partial charge in [-0.05, 0) is 43.6 Å². The molecule has 0 bridgehead atoms. The summed E-state index contributed by atoms with van der Waals surface area (Å²) in [7, 11) is 4.08. The number of hydrogen-bond donors (Lipinski definition) is 0. The van der Waals surface area contributed by atoms with Crippen LogP contribution in [-0.2, 0) is 6.42 Å². The summed E-state index contributed by atoms with van der Waals surface area (Å²) in [5.41, 5.74) is 2.45. The van der Waals surface area contributed by atoms with Gasteiger partial charge in [0.15, 0.2) is 0 Å². The molecule has 1 atom stereocenters. The van der Waals surface area contributed by atoms with E-state index in [0.717, 1.165) is 19.5 Å². The molecule has 1 aromatic carbocycles. The summed E-state index contributed by atoms with van der Waals surface area (Å²) in [6, 6.07) is 11.0. The Labute approximate surface area is 110 Å². The molecule has 18 heavy (non-hydrogen) atoms. The van der Waals surface area contributed by atoms with Crippen LogP contribution in [-0.4, -0.2) is 38.1 Å². The molecule has 0 radical (unpaired) electrons. The number of anilines is 1. The molecule has 1 saturated heterocycles. The molecule has 0 amide bonds. The van der Waals surface area contributed by atoms with Gasteiger partial charge in [0.25, 0.3) is 0 Å². The Balaban J connectivity index is 2.01. The van der Waals surface area contributed by atoms with E-state index in [0.29, 0.717) is 0 Å². The molecular weight excluding hydrogens is 222 g/mol. The van der Waals surface area contributed by atoms with E-state index in [1.54, 1.807) is 0 Å². The van der Waals surface area contributed by atoms with Crippen LogP contribution in [0, 0.1) is 11.3 Å². The van der Waals surface area contributed by atoms with Gasteiger partial charge in [-0.15, -0.1) is 0 Å². The average molecular weight is 243 g/mol. The molecular formula is C15H21N3. The van der Waals surface area contributed by atoms with E-state index in [1.807, 2.05) is 14.1 Å². The topological polar surface area (TPSA) is 30.3 Å². The normalized spacial score (nSPS) is 17.4. The zero-order valence-corrected chi connectivity index (χ0v) is 11.3. The lowest BCUT2D eigenvalue weighted by Crippen LogP contribution is -2.33. The first-order valence-corrected chi connectivity index (χ1v) is 6.60. The quantitative estimate of drug-likeness (QED) is 0.812. The largest absolute Gasteiger partial charge is 0.378 e. The van der Waals surface area contributed by atoms with Crippen molar-refractivity contribution in [3.63, 3.8) is 0 Å². The summed E-state index contributed by atoms with van der Waals surface area (Å²) >= 11 is 0. The first kappa shape index (κ1) is 12.9. The van der Waals surface area contributed by atoms with Crippen LogP contribution >= 0.6 is 0 Å². The van der Waals surface area contributed by atoms with Crippen LogP contribution in [0.4, 0.5) is 5.69 Å². The van der Waals surface area contributed by atoms with Gasteiger partial charge in [-0.25, -0.2) is 0 Å². The van der Waals surface area contributed by atoms with Crippen molar-refractivity contribution in [1.29, 1.82) is 5.26 Å². The van der Waals surface area contributed by atoms with Crippen LogP contribution in [0.5, 0.6) is 0 Å². The van der Waals surface area contributed by atoms with Crippen molar-refractivity contribution in [1.82, 2.24) is 4.90 Å². The molecule has 1 heterocycles. The first-order chi connectivity index (χ1) is 8.70. The Morgan fingerprint density at radius 1 is 1.22 bits per heavy atom. The standard InChI is InChI=1S/C15H21N3/c1-17(2)14-7-5-13(6-8-14)11-15(12-16)18-9-3-4-10-18/h5-8,15H,3-4,9-11H2,1-2H3. The zero-order valence-electron chi connectivity index (χ0n) is 11.3. The molecule has 96 valence electrons. The molecule has 1 aliphatic heterocycles. The maximum atomic E-state index is 9.29. The van der Waals surface area contributed by atoms with Crippen LogP contribution in [0.2, 0.25) is 0 Å². The predicted molar refractivity (Wildman–Crippen MR) is 74.7 cm³/mol. The molecule has 3 heteroatoms. The Morgan fingerprint density at radius 3 is 2.33 bits per heavy atom. The Morgan fingerprint density at radius 2 is 1.83 bits per heavy atom. The molecule has 0 N–H and O–H groups in total. The minimum Gasteiger partial charge on any atom is -0.378 e. The lowest BCUT2D eigenvalue weighted by Gasteiger charge is -2.21. The van der Waals surface area contributed by atoms with Crippen molar-refractivity contribution in [3.8, 4) is 6.07 Å². The van der Waals surface area contributed by atoms with Crippen LogP contribution in [0.25, 0.3) is 0 Å².